The second kappa shape index (κ2) is 15.0. The van der Waals surface area contributed by atoms with Crippen molar-refractivity contribution in [2.24, 2.45) is 5.92 Å². The molecule has 0 unspecified atom stereocenters. The van der Waals surface area contributed by atoms with Crippen LogP contribution in [0.3, 0.4) is 0 Å². The summed E-state index contributed by atoms with van der Waals surface area (Å²) in [6, 6.07) is 28.1. The predicted octanol–water partition coefficient (Wildman–Crippen LogP) is 6.83. The SMILES string of the molecule is CCOC(=O)C1CCN(C(=O)c2ccc(CSc3nc(-c4ccccc4)cc(N4CCN(c5ccccc5Cl)CC4)n3)cc2)CC1. The van der Waals surface area contributed by atoms with Crippen molar-refractivity contribution in [1.82, 2.24) is 14.9 Å². The van der Waals surface area contributed by atoms with Crippen LogP contribution in [0.15, 0.2) is 90.1 Å². The summed E-state index contributed by atoms with van der Waals surface area (Å²) in [5, 5.41) is 1.49. The number of amides is 1. The van der Waals surface area contributed by atoms with Crippen LogP contribution in [0.25, 0.3) is 11.3 Å². The first kappa shape index (κ1) is 31.9. The van der Waals surface area contributed by atoms with E-state index in [0.29, 0.717) is 43.9 Å². The summed E-state index contributed by atoms with van der Waals surface area (Å²) in [6.45, 7) is 6.69. The average Bonchev–Trinajstić information content (AvgIpc) is 3.11. The Balaban J connectivity index is 1.11. The summed E-state index contributed by atoms with van der Waals surface area (Å²) < 4.78 is 5.16. The number of esters is 1. The molecule has 8 nitrogen and oxygen atoms in total. The zero-order valence-electron chi connectivity index (χ0n) is 26.0. The van der Waals surface area contributed by atoms with Gasteiger partial charge in [-0.1, -0.05) is 78.0 Å². The maximum Gasteiger partial charge on any atom is 0.309 e. The van der Waals surface area contributed by atoms with E-state index < -0.39 is 0 Å². The van der Waals surface area contributed by atoms with Crippen molar-refractivity contribution >= 4 is 46.7 Å². The zero-order valence-corrected chi connectivity index (χ0v) is 27.6. The number of piperidine rings is 1. The number of hydrogen-bond donors (Lipinski definition) is 0. The Labute approximate surface area is 279 Å². The Hall–Kier alpha value is -4.08. The van der Waals surface area contributed by atoms with Gasteiger partial charge in [0.05, 0.1) is 28.9 Å². The largest absolute Gasteiger partial charge is 0.466 e. The fourth-order valence-corrected chi connectivity index (χ4v) is 7.00. The molecule has 0 N–H and O–H groups in total. The number of benzene rings is 3. The number of likely N-dealkylation sites (tertiary alicyclic amines) is 1. The van der Waals surface area contributed by atoms with E-state index in [1.165, 1.54) is 0 Å². The highest BCUT2D eigenvalue weighted by Gasteiger charge is 2.28. The predicted molar refractivity (Wildman–Crippen MR) is 185 cm³/mol. The molecule has 238 valence electrons. The van der Waals surface area contributed by atoms with E-state index in [-0.39, 0.29) is 17.8 Å². The third-order valence-corrected chi connectivity index (χ3v) is 9.77. The minimum atomic E-state index is -0.155. The van der Waals surface area contributed by atoms with Gasteiger partial charge in [-0.25, -0.2) is 9.97 Å². The molecule has 0 atom stereocenters. The first-order valence-electron chi connectivity index (χ1n) is 15.8. The number of carbonyl (C=O) groups is 2. The van der Waals surface area contributed by atoms with E-state index in [4.69, 9.17) is 26.3 Å². The van der Waals surface area contributed by atoms with Gasteiger partial charge < -0.3 is 19.4 Å². The van der Waals surface area contributed by atoms with Crippen molar-refractivity contribution in [3.63, 3.8) is 0 Å². The molecule has 0 radical (unpaired) electrons. The molecule has 2 saturated heterocycles. The monoisotopic (exact) mass is 655 g/mol. The number of carbonyl (C=O) groups excluding carboxylic acids is 2. The van der Waals surface area contributed by atoms with Gasteiger partial charge in [0.15, 0.2) is 5.16 Å². The van der Waals surface area contributed by atoms with Gasteiger partial charge in [-0.3, -0.25) is 9.59 Å². The van der Waals surface area contributed by atoms with Crippen molar-refractivity contribution in [3.05, 3.63) is 101 Å². The molecule has 46 heavy (non-hydrogen) atoms. The number of para-hydroxylation sites is 1. The number of anilines is 2. The summed E-state index contributed by atoms with van der Waals surface area (Å²) in [4.78, 5) is 41.6. The number of thioether (sulfide) groups is 1. The van der Waals surface area contributed by atoms with Crippen LogP contribution < -0.4 is 9.80 Å². The zero-order chi connectivity index (χ0) is 31.9. The van der Waals surface area contributed by atoms with Crippen molar-refractivity contribution < 1.29 is 14.3 Å². The smallest absolute Gasteiger partial charge is 0.309 e. The highest BCUT2D eigenvalue weighted by atomic mass is 35.5. The van der Waals surface area contributed by atoms with Crippen LogP contribution >= 0.6 is 23.4 Å². The Bertz CT molecular complexity index is 1640. The minimum absolute atomic E-state index is 0.000294. The maximum absolute atomic E-state index is 13.1. The first-order valence-corrected chi connectivity index (χ1v) is 17.2. The average molecular weight is 656 g/mol. The lowest BCUT2D eigenvalue weighted by Crippen LogP contribution is -2.47. The number of halogens is 1. The molecule has 3 aromatic carbocycles. The van der Waals surface area contributed by atoms with E-state index in [2.05, 4.69) is 34.1 Å². The molecule has 1 aromatic heterocycles. The molecule has 1 amide bonds. The Kier molecular flexibility index (Phi) is 10.4. The third kappa shape index (κ3) is 7.65. The number of ether oxygens (including phenoxy) is 1. The minimum Gasteiger partial charge on any atom is -0.466 e. The van der Waals surface area contributed by atoms with Crippen LogP contribution in [0, 0.1) is 5.92 Å². The number of aromatic nitrogens is 2. The fraction of sp³-hybridized carbons (Fsp3) is 0.333. The standard InChI is InChI=1S/C36H38ClN5O3S/c1-2-45-35(44)29-16-18-42(19-17-29)34(43)28-14-12-26(13-15-28)25-46-36-38-31(27-8-4-3-5-9-27)24-33(39-36)41-22-20-40(21-23-41)32-11-7-6-10-30(32)37/h3-15,24,29H,2,16-23,25H2,1H3. The van der Waals surface area contributed by atoms with Crippen LogP contribution in [0.2, 0.25) is 5.02 Å². The third-order valence-electron chi connectivity index (χ3n) is 8.53. The van der Waals surface area contributed by atoms with Crippen LogP contribution in [0.1, 0.15) is 35.7 Å². The van der Waals surface area contributed by atoms with Gasteiger partial charge >= 0.3 is 5.97 Å². The Morgan fingerprint density at radius 1 is 0.848 bits per heavy atom. The second-order valence-corrected chi connectivity index (χ2v) is 12.8. The van der Waals surface area contributed by atoms with Gasteiger partial charge in [0.2, 0.25) is 0 Å². The molecule has 2 fully saturated rings. The van der Waals surface area contributed by atoms with Crippen LogP contribution in [-0.2, 0) is 15.3 Å². The summed E-state index contributed by atoms with van der Waals surface area (Å²) in [5.41, 5.74) is 4.76. The first-order chi connectivity index (χ1) is 22.5. The topological polar surface area (TPSA) is 78.9 Å². The van der Waals surface area contributed by atoms with Crippen molar-refractivity contribution in [3.8, 4) is 11.3 Å². The van der Waals surface area contributed by atoms with Crippen LogP contribution in [0.5, 0.6) is 0 Å². The number of piperazine rings is 1. The van der Waals surface area contributed by atoms with Gasteiger partial charge in [0.25, 0.3) is 5.91 Å². The molecule has 6 rings (SSSR count). The lowest BCUT2D eigenvalue weighted by Gasteiger charge is -2.37. The molecule has 2 aliphatic rings. The van der Waals surface area contributed by atoms with E-state index in [1.807, 2.05) is 72.5 Å². The molecule has 2 aliphatic heterocycles. The van der Waals surface area contributed by atoms with Gasteiger partial charge in [0.1, 0.15) is 5.82 Å². The second-order valence-electron chi connectivity index (χ2n) is 11.5. The number of nitrogens with zero attached hydrogens (tertiary/aromatic N) is 5. The Morgan fingerprint density at radius 2 is 1.52 bits per heavy atom. The molecule has 0 saturated carbocycles. The summed E-state index contributed by atoms with van der Waals surface area (Å²) in [7, 11) is 0. The molecule has 0 bridgehead atoms. The number of hydrogen-bond acceptors (Lipinski definition) is 8. The van der Waals surface area contributed by atoms with E-state index in [0.717, 1.165) is 64.7 Å². The normalized spacial score (nSPS) is 15.6. The summed E-state index contributed by atoms with van der Waals surface area (Å²) in [6.07, 6.45) is 1.28. The molecule has 4 aromatic rings. The van der Waals surface area contributed by atoms with Crippen LogP contribution in [0.4, 0.5) is 11.5 Å². The molecular formula is C36H38ClN5O3S. The highest BCUT2D eigenvalue weighted by molar-refractivity contribution is 7.98. The molecule has 3 heterocycles. The van der Waals surface area contributed by atoms with E-state index in [1.54, 1.807) is 11.8 Å². The van der Waals surface area contributed by atoms with Gasteiger partial charge in [0, 0.05) is 62.2 Å². The van der Waals surface area contributed by atoms with Crippen molar-refractivity contribution in [2.45, 2.75) is 30.7 Å². The Morgan fingerprint density at radius 3 is 2.22 bits per heavy atom. The lowest BCUT2D eigenvalue weighted by atomic mass is 9.96. The maximum atomic E-state index is 13.1. The van der Waals surface area contributed by atoms with Gasteiger partial charge in [-0.05, 0) is 49.6 Å². The highest BCUT2D eigenvalue weighted by Crippen LogP contribution is 2.30. The van der Waals surface area contributed by atoms with E-state index in [9.17, 15) is 9.59 Å². The molecule has 0 aliphatic carbocycles. The van der Waals surface area contributed by atoms with Crippen LogP contribution in [-0.4, -0.2) is 72.6 Å². The molecular weight excluding hydrogens is 618 g/mol. The fourth-order valence-electron chi connectivity index (χ4n) is 5.93. The van der Waals surface area contributed by atoms with E-state index >= 15 is 0 Å². The van der Waals surface area contributed by atoms with Crippen molar-refractivity contribution in [1.29, 1.82) is 0 Å². The number of rotatable bonds is 9. The van der Waals surface area contributed by atoms with Crippen molar-refractivity contribution in [2.75, 3.05) is 55.7 Å². The lowest BCUT2D eigenvalue weighted by molar-refractivity contribution is -0.149. The summed E-state index contributed by atoms with van der Waals surface area (Å²) in [5.74, 6) is 1.32. The van der Waals surface area contributed by atoms with Gasteiger partial charge in [-0.15, -0.1) is 0 Å². The van der Waals surface area contributed by atoms with Gasteiger partial charge in [-0.2, -0.15) is 0 Å². The summed E-state index contributed by atoms with van der Waals surface area (Å²) >= 11 is 8.07. The molecule has 10 heteroatoms. The quantitative estimate of drug-likeness (QED) is 0.110. The molecule has 0 spiro atoms.